The Morgan fingerprint density at radius 2 is 2.06 bits per heavy atom. The number of amides is 1. The summed E-state index contributed by atoms with van der Waals surface area (Å²) in [6.07, 6.45) is -0.397. The molecule has 0 radical (unpaired) electrons. The van der Waals surface area contributed by atoms with Crippen molar-refractivity contribution in [2.24, 2.45) is 0 Å². The number of para-hydroxylation sites is 1. The maximum atomic E-state index is 12.1. The lowest BCUT2D eigenvalue weighted by atomic mass is 10.1. The monoisotopic (exact) mass is 219 g/mol. The molecular formula is C13H17NO2. The lowest BCUT2D eigenvalue weighted by Gasteiger charge is -2.26. The molecule has 86 valence electrons. The molecule has 1 amide bonds. The second-order valence-electron chi connectivity index (χ2n) is 4.43. The van der Waals surface area contributed by atoms with Crippen molar-refractivity contribution in [1.82, 2.24) is 4.90 Å². The standard InChI is InChI=1S/C13H17NO2/c1-9(2)14-8-11-6-4-5-7-12(11)16-10(3)13(14)15/h4-7,9-10H,8H2,1-3H3/t10-/m1/s1. The van der Waals surface area contributed by atoms with E-state index in [4.69, 9.17) is 4.74 Å². The largest absolute Gasteiger partial charge is 0.481 e. The van der Waals surface area contributed by atoms with Crippen molar-refractivity contribution in [3.8, 4) is 5.75 Å². The number of benzene rings is 1. The topological polar surface area (TPSA) is 29.5 Å². The minimum absolute atomic E-state index is 0.0613. The molecule has 0 aliphatic carbocycles. The highest BCUT2D eigenvalue weighted by Gasteiger charge is 2.28. The molecule has 1 aromatic rings. The Hall–Kier alpha value is -1.51. The molecule has 1 heterocycles. The number of fused-ring (bicyclic) bond motifs is 1. The maximum Gasteiger partial charge on any atom is 0.263 e. The molecular weight excluding hydrogens is 202 g/mol. The predicted molar refractivity (Wildman–Crippen MR) is 62.2 cm³/mol. The second kappa shape index (κ2) is 4.16. The fourth-order valence-corrected chi connectivity index (χ4v) is 1.92. The van der Waals surface area contributed by atoms with Crippen LogP contribution >= 0.6 is 0 Å². The van der Waals surface area contributed by atoms with Gasteiger partial charge in [-0.3, -0.25) is 4.79 Å². The first-order valence-electron chi connectivity index (χ1n) is 5.64. The van der Waals surface area contributed by atoms with E-state index >= 15 is 0 Å². The molecule has 0 saturated carbocycles. The van der Waals surface area contributed by atoms with Gasteiger partial charge in [0, 0.05) is 18.2 Å². The van der Waals surface area contributed by atoms with Crippen molar-refractivity contribution in [2.45, 2.75) is 39.5 Å². The van der Waals surface area contributed by atoms with Gasteiger partial charge in [-0.25, -0.2) is 0 Å². The highest BCUT2D eigenvalue weighted by Crippen LogP contribution is 2.26. The minimum Gasteiger partial charge on any atom is -0.481 e. The Kier molecular flexibility index (Phi) is 2.86. The van der Waals surface area contributed by atoms with Gasteiger partial charge in [-0.05, 0) is 26.8 Å². The Labute approximate surface area is 96.0 Å². The van der Waals surface area contributed by atoms with Gasteiger partial charge in [0.2, 0.25) is 0 Å². The Balaban J connectivity index is 2.38. The van der Waals surface area contributed by atoms with E-state index in [9.17, 15) is 4.79 Å². The minimum atomic E-state index is -0.397. The highest BCUT2D eigenvalue weighted by atomic mass is 16.5. The van der Waals surface area contributed by atoms with Gasteiger partial charge in [0.15, 0.2) is 6.10 Å². The molecule has 1 aromatic carbocycles. The molecule has 0 fully saturated rings. The van der Waals surface area contributed by atoms with Crippen LogP contribution in [0.25, 0.3) is 0 Å². The smallest absolute Gasteiger partial charge is 0.263 e. The van der Waals surface area contributed by atoms with Crippen molar-refractivity contribution >= 4 is 5.91 Å². The molecule has 0 saturated heterocycles. The summed E-state index contributed by atoms with van der Waals surface area (Å²) in [6, 6.07) is 8.03. The first-order valence-corrected chi connectivity index (χ1v) is 5.64. The zero-order valence-electron chi connectivity index (χ0n) is 9.93. The van der Waals surface area contributed by atoms with E-state index in [2.05, 4.69) is 0 Å². The third-order valence-electron chi connectivity index (χ3n) is 2.87. The second-order valence-corrected chi connectivity index (χ2v) is 4.43. The number of hydrogen-bond donors (Lipinski definition) is 0. The first-order chi connectivity index (χ1) is 7.59. The summed E-state index contributed by atoms with van der Waals surface area (Å²) in [5, 5.41) is 0. The molecule has 0 spiro atoms. The Morgan fingerprint density at radius 1 is 1.38 bits per heavy atom. The highest BCUT2D eigenvalue weighted by molar-refractivity contribution is 5.81. The van der Waals surface area contributed by atoms with Crippen LogP contribution in [0.4, 0.5) is 0 Å². The SMILES string of the molecule is CC(C)N1Cc2ccccc2O[C@H](C)C1=O. The Morgan fingerprint density at radius 3 is 2.75 bits per heavy atom. The lowest BCUT2D eigenvalue weighted by molar-refractivity contribution is -0.139. The van der Waals surface area contributed by atoms with E-state index < -0.39 is 6.10 Å². The number of hydrogen-bond acceptors (Lipinski definition) is 2. The van der Waals surface area contributed by atoms with Crippen molar-refractivity contribution in [3.63, 3.8) is 0 Å². The molecule has 0 N–H and O–H groups in total. The van der Waals surface area contributed by atoms with Gasteiger partial charge in [-0.1, -0.05) is 18.2 Å². The van der Waals surface area contributed by atoms with Crippen LogP contribution < -0.4 is 4.74 Å². The number of ether oxygens (including phenoxy) is 1. The van der Waals surface area contributed by atoms with Crippen molar-refractivity contribution in [1.29, 1.82) is 0 Å². The fourth-order valence-electron chi connectivity index (χ4n) is 1.92. The van der Waals surface area contributed by atoms with Gasteiger partial charge < -0.3 is 9.64 Å². The molecule has 16 heavy (non-hydrogen) atoms. The maximum absolute atomic E-state index is 12.1. The zero-order valence-corrected chi connectivity index (χ0v) is 9.93. The summed E-state index contributed by atoms with van der Waals surface area (Å²) >= 11 is 0. The first kappa shape index (κ1) is 11.0. The molecule has 1 aliphatic rings. The summed E-state index contributed by atoms with van der Waals surface area (Å²) in [7, 11) is 0. The summed E-state index contributed by atoms with van der Waals surface area (Å²) in [5.41, 5.74) is 1.08. The van der Waals surface area contributed by atoms with Gasteiger partial charge in [0.25, 0.3) is 5.91 Å². The van der Waals surface area contributed by atoms with Crippen LogP contribution in [0, 0.1) is 0 Å². The van der Waals surface area contributed by atoms with E-state index in [0.29, 0.717) is 6.54 Å². The van der Waals surface area contributed by atoms with E-state index in [1.807, 2.05) is 43.0 Å². The summed E-state index contributed by atoms with van der Waals surface area (Å²) < 4.78 is 5.66. The molecule has 0 bridgehead atoms. The van der Waals surface area contributed by atoms with E-state index in [1.165, 1.54) is 0 Å². The van der Waals surface area contributed by atoms with Crippen LogP contribution in [-0.4, -0.2) is 23.0 Å². The molecule has 1 atom stereocenters. The summed E-state index contributed by atoms with van der Waals surface area (Å²) in [6.45, 7) is 6.49. The average molecular weight is 219 g/mol. The van der Waals surface area contributed by atoms with Crippen LogP contribution in [-0.2, 0) is 11.3 Å². The fraction of sp³-hybridized carbons (Fsp3) is 0.462. The molecule has 0 aromatic heterocycles. The summed E-state index contributed by atoms with van der Waals surface area (Å²) in [5.74, 6) is 0.887. The third kappa shape index (κ3) is 1.90. The van der Waals surface area contributed by atoms with Gasteiger partial charge in [0.1, 0.15) is 5.75 Å². The van der Waals surface area contributed by atoms with Crippen molar-refractivity contribution in [2.75, 3.05) is 0 Å². The van der Waals surface area contributed by atoms with Crippen LogP contribution in [0.3, 0.4) is 0 Å². The van der Waals surface area contributed by atoms with E-state index in [1.54, 1.807) is 6.92 Å². The number of carbonyl (C=O) groups is 1. The van der Waals surface area contributed by atoms with Crippen LogP contribution in [0.2, 0.25) is 0 Å². The number of rotatable bonds is 1. The van der Waals surface area contributed by atoms with Crippen molar-refractivity contribution < 1.29 is 9.53 Å². The van der Waals surface area contributed by atoms with Crippen LogP contribution in [0.1, 0.15) is 26.3 Å². The predicted octanol–water partition coefficient (Wildman–Crippen LogP) is 2.20. The lowest BCUT2D eigenvalue weighted by Crippen LogP contribution is -2.41. The van der Waals surface area contributed by atoms with Gasteiger partial charge in [0.05, 0.1) is 0 Å². The average Bonchev–Trinajstić information content (AvgIpc) is 2.37. The van der Waals surface area contributed by atoms with Crippen LogP contribution in [0.5, 0.6) is 5.75 Å². The quantitative estimate of drug-likeness (QED) is 0.724. The van der Waals surface area contributed by atoms with E-state index in [0.717, 1.165) is 11.3 Å². The molecule has 2 rings (SSSR count). The van der Waals surface area contributed by atoms with Gasteiger partial charge >= 0.3 is 0 Å². The molecule has 0 unspecified atom stereocenters. The normalized spacial score (nSPS) is 20.4. The van der Waals surface area contributed by atoms with Crippen LogP contribution in [0.15, 0.2) is 24.3 Å². The Bertz CT molecular complexity index is 401. The molecule has 3 heteroatoms. The van der Waals surface area contributed by atoms with Gasteiger partial charge in [-0.15, -0.1) is 0 Å². The molecule has 3 nitrogen and oxygen atoms in total. The molecule has 1 aliphatic heterocycles. The zero-order chi connectivity index (χ0) is 11.7. The number of carbonyl (C=O) groups excluding carboxylic acids is 1. The van der Waals surface area contributed by atoms with Crippen molar-refractivity contribution in [3.05, 3.63) is 29.8 Å². The van der Waals surface area contributed by atoms with Gasteiger partial charge in [-0.2, -0.15) is 0 Å². The van der Waals surface area contributed by atoms with E-state index in [-0.39, 0.29) is 11.9 Å². The number of nitrogens with zero attached hydrogens (tertiary/aromatic N) is 1. The summed E-state index contributed by atoms with van der Waals surface area (Å²) in [4.78, 5) is 13.9. The third-order valence-corrected chi connectivity index (χ3v) is 2.87.